The molecule has 0 aromatic heterocycles. The Balaban J connectivity index is 1.82. The van der Waals surface area contributed by atoms with Gasteiger partial charge in [0.1, 0.15) is 5.75 Å². The Labute approximate surface area is 126 Å². The zero-order valence-electron chi connectivity index (χ0n) is 12.7. The van der Waals surface area contributed by atoms with Gasteiger partial charge in [0.2, 0.25) is 5.91 Å². The first-order chi connectivity index (χ1) is 10.1. The maximum atomic E-state index is 12.2. The number of rotatable bonds is 5. The lowest BCUT2D eigenvalue weighted by Gasteiger charge is -2.29. The van der Waals surface area contributed by atoms with Crippen LogP contribution >= 0.6 is 0 Å². The Kier molecular flexibility index (Phi) is 5.62. The lowest BCUT2D eigenvalue weighted by Crippen LogP contribution is -2.48. The van der Waals surface area contributed by atoms with Crippen molar-refractivity contribution in [1.82, 2.24) is 5.32 Å². The van der Waals surface area contributed by atoms with Crippen LogP contribution in [0, 0.1) is 5.92 Å². The summed E-state index contributed by atoms with van der Waals surface area (Å²) >= 11 is 0. The van der Waals surface area contributed by atoms with Crippen molar-refractivity contribution in [1.29, 1.82) is 0 Å². The maximum absolute atomic E-state index is 12.2. The van der Waals surface area contributed by atoms with Crippen LogP contribution in [0.2, 0.25) is 0 Å². The van der Waals surface area contributed by atoms with E-state index in [9.17, 15) is 9.90 Å². The van der Waals surface area contributed by atoms with E-state index >= 15 is 0 Å². The summed E-state index contributed by atoms with van der Waals surface area (Å²) in [5.41, 5.74) is 6.95. The third kappa shape index (κ3) is 4.74. The molecule has 1 unspecified atom stereocenters. The topological polar surface area (TPSA) is 75.4 Å². The second-order valence-electron chi connectivity index (χ2n) is 6.17. The number of amides is 1. The van der Waals surface area contributed by atoms with Crippen molar-refractivity contribution in [2.24, 2.45) is 11.7 Å². The molecule has 2 rings (SSSR count). The quantitative estimate of drug-likeness (QED) is 0.779. The van der Waals surface area contributed by atoms with E-state index in [1.54, 1.807) is 24.3 Å². The summed E-state index contributed by atoms with van der Waals surface area (Å²) in [6.07, 6.45) is 6.75. The number of carbonyl (C=O) groups is 1. The zero-order chi connectivity index (χ0) is 15.2. The van der Waals surface area contributed by atoms with Gasteiger partial charge in [-0.2, -0.15) is 0 Å². The van der Waals surface area contributed by atoms with Gasteiger partial charge in [0.05, 0.1) is 6.04 Å². The van der Waals surface area contributed by atoms with Crippen LogP contribution in [0.1, 0.15) is 44.6 Å². The van der Waals surface area contributed by atoms with Gasteiger partial charge in [-0.25, -0.2) is 0 Å². The first-order valence-electron chi connectivity index (χ1n) is 7.90. The van der Waals surface area contributed by atoms with E-state index in [-0.39, 0.29) is 17.7 Å². The number of nitrogens with one attached hydrogen (secondary N) is 1. The lowest BCUT2D eigenvalue weighted by molar-refractivity contribution is -0.123. The van der Waals surface area contributed by atoms with Crippen molar-refractivity contribution in [2.45, 2.75) is 57.5 Å². The van der Waals surface area contributed by atoms with E-state index in [1.807, 2.05) is 0 Å². The molecule has 0 bridgehead atoms. The van der Waals surface area contributed by atoms with E-state index in [0.717, 1.165) is 5.56 Å². The van der Waals surface area contributed by atoms with Crippen molar-refractivity contribution < 1.29 is 9.90 Å². The van der Waals surface area contributed by atoms with Crippen LogP contribution in [0.15, 0.2) is 24.3 Å². The minimum atomic E-state index is -0.541. The van der Waals surface area contributed by atoms with Crippen LogP contribution < -0.4 is 11.1 Å². The summed E-state index contributed by atoms with van der Waals surface area (Å²) < 4.78 is 0. The Bertz CT molecular complexity index is 452. The van der Waals surface area contributed by atoms with Gasteiger partial charge in [0, 0.05) is 6.04 Å². The van der Waals surface area contributed by atoms with Crippen LogP contribution in [-0.2, 0) is 11.2 Å². The first-order valence-corrected chi connectivity index (χ1v) is 7.90. The number of hydrogen-bond acceptors (Lipinski definition) is 3. The molecule has 1 aliphatic carbocycles. The summed E-state index contributed by atoms with van der Waals surface area (Å²) in [6.45, 7) is 2.08. The molecule has 4 N–H and O–H groups in total. The molecule has 1 amide bonds. The monoisotopic (exact) mass is 290 g/mol. The molecule has 4 heteroatoms. The molecule has 1 aromatic rings. The van der Waals surface area contributed by atoms with E-state index in [2.05, 4.69) is 12.2 Å². The number of benzene rings is 1. The molecule has 0 heterocycles. The van der Waals surface area contributed by atoms with E-state index in [1.165, 1.54) is 32.1 Å². The molecule has 4 nitrogen and oxygen atoms in total. The van der Waals surface area contributed by atoms with Gasteiger partial charge in [-0.05, 0) is 49.8 Å². The third-order valence-corrected chi connectivity index (χ3v) is 4.46. The maximum Gasteiger partial charge on any atom is 0.237 e. The predicted octanol–water partition coefficient (Wildman–Crippen LogP) is 2.35. The van der Waals surface area contributed by atoms with Gasteiger partial charge in [0.15, 0.2) is 0 Å². The molecule has 0 saturated heterocycles. The van der Waals surface area contributed by atoms with Crippen LogP contribution in [0.25, 0.3) is 0 Å². The number of hydrogen-bond donors (Lipinski definition) is 3. The van der Waals surface area contributed by atoms with Crippen molar-refractivity contribution in [2.75, 3.05) is 0 Å². The molecule has 0 radical (unpaired) electrons. The van der Waals surface area contributed by atoms with Crippen molar-refractivity contribution >= 4 is 5.91 Å². The van der Waals surface area contributed by atoms with Crippen LogP contribution in [0.3, 0.4) is 0 Å². The SMILES string of the molecule is CC(NC(=O)[C@H](N)Cc1ccc(O)cc1)C1CCCCC1. The minimum Gasteiger partial charge on any atom is -0.508 e. The van der Waals surface area contributed by atoms with Crippen LogP contribution in [0.5, 0.6) is 5.75 Å². The molecular formula is C17H26N2O2. The summed E-state index contributed by atoms with van der Waals surface area (Å²) in [7, 11) is 0. The highest BCUT2D eigenvalue weighted by Gasteiger charge is 2.23. The Morgan fingerprint density at radius 1 is 1.29 bits per heavy atom. The molecule has 0 spiro atoms. The average molecular weight is 290 g/mol. The number of aromatic hydroxyl groups is 1. The number of nitrogens with two attached hydrogens (primary N) is 1. The number of phenols is 1. The molecule has 1 fully saturated rings. The molecule has 21 heavy (non-hydrogen) atoms. The highest BCUT2D eigenvalue weighted by molar-refractivity contribution is 5.82. The first kappa shape index (κ1) is 15.8. The highest BCUT2D eigenvalue weighted by Crippen LogP contribution is 2.26. The van der Waals surface area contributed by atoms with Gasteiger partial charge >= 0.3 is 0 Å². The highest BCUT2D eigenvalue weighted by atomic mass is 16.3. The average Bonchev–Trinajstić information content (AvgIpc) is 2.50. The Morgan fingerprint density at radius 2 is 1.90 bits per heavy atom. The van der Waals surface area contributed by atoms with Gasteiger partial charge in [-0.15, -0.1) is 0 Å². The van der Waals surface area contributed by atoms with Crippen LogP contribution in [0.4, 0.5) is 0 Å². The van der Waals surface area contributed by atoms with Crippen molar-refractivity contribution in [3.63, 3.8) is 0 Å². The third-order valence-electron chi connectivity index (χ3n) is 4.46. The van der Waals surface area contributed by atoms with E-state index < -0.39 is 6.04 Å². The van der Waals surface area contributed by atoms with E-state index in [0.29, 0.717) is 12.3 Å². The fourth-order valence-electron chi connectivity index (χ4n) is 3.06. The van der Waals surface area contributed by atoms with Gasteiger partial charge in [-0.1, -0.05) is 31.4 Å². The molecule has 2 atom stereocenters. The van der Waals surface area contributed by atoms with Crippen molar-refractivity contribution in [3.8, 4) is 5.75 Å². The molecule has 1 saturated carbocycles. The summed E-state index contributed by atoms with van der Waals surface area (Å²) in [6, 6.07) is 6.49. The van der Waals surface area contributed by atoms with Crippen LogP contribution in [-0.4, -0.2) is 23.1 Å². The predicted molar refractivity (Wildman–Crippen MR) is 84.0 cm³/mol. The Morgan fingerprint density at radius 3 is 2.52 bits per heavy atom. The van der Waals surface area contributed by atoms with Gasteiger partial charge < -0.3 is 16.2 Å². The second-order valence-corrected chi connectivity index (χ2v) is 6.17. The van der Waals surface area contributed by atoms with Crippen molar-refractivity contribution in [3.05, 3.63) is 29.8 Å². The fraction of sp³-hybridized carbons (Fsp3) is 0.588. The standard InChI is InChI=1S/C17H26N2O2/c1-12(14-5-3-2-4-6-14)19-17(21)16(18)11-13-7-9-15(20)10-8-13/h7-10,12,14,16,20H,2-6,11,18H2,1H3,(H,19,21)/t12?,16-/m1/s1. The van der Waals surface area contributed by atoms with Gasteiger partial charge in [0.25, 0.3) is 0 Å². The molecule has 0 aliphatic heterocycles. The molecule has 116 valence electrons. The zero-order valence-corrected chi connectivity index (χ0v) is 12.7. The van der Waals surface area contributed by atoms with Gasteiger partial charge in [-0.3, -0.25) is 4.79 Å². The van der Waals surface area contributed by atoms with E-state index in [4.69, 9.17) is 5.73 Å². The largest absolute Gasteiger partial charge is 0.508 e. The molecule has 1 aliphatic rings. The smallest absolute Gasteiger partial charge is 0.237 e. The number of phenolic OH excluding ortho intramolecular Hbond substituents is 1. The summed E-state index contributed by atoms with van der Waals surface area (Å²) in [5.74, 6) is 0.729. The second kappa shape index (κ2) is 7.46. The summed E-state index contributed by atoms with van der Waals surface area (Å²) in [4.78, 5) is 12.2. The summed E-state index contributed by atoms with van der Waals surface area (Å²) in [5, 5.41) is 12.3. The minimum absolute atomic E-state index is 0.0823. The number of carbonyl (C=O) groups excluding carboxylic acids is 1. The Hall–Kier alpha value is -1.55. The molecular weight excluding hydrogens is 264 g/mol. The fourth-order valence-corrected chi connectivity index (χ4v) is 3.06. The molecule has 1 aromatic carbocycles. The normalized spacial score (nSPS) is 19.0. The lowest BCUT2D eigenvalue weighted by atomic mass is 9.84.